The van der Waals surface area contributed by atoms with Gasteiger partial charge in [-0.3, -0.25) is 0 Å². The molecule has 10 aromatic rings. The molecule has 0 saturated carbocycles. The van der Waals surface area contributed by atoms with Gasteiger partial charge in [0.1, 0.15) is 0 Å². The molecule has 224 valence electrons. The van der Waals surface area contributed by atoms with E-state index < -0.39 is 0 Å². The first-order valence-electron chi connectivity index (χ1n) is 16.4. The van der Waals surface area contributed by atoms with Crippen LogP contribution in [0.4, 0.5) is 17.1 Å². The van der Waals surface area contributed by atoms with Crippen LogP contribution in [0.5, 0.6) is 0 Å². The van der Waals surface area contributed by atoms with Gasteiger partial charge in [0.05, 0.1) is 10.4 Å². The van der Waals surface area contributed by atoms with Gasteiger partial charge in [-0.05, 0) is 96.7 Å². The molecule has 0 unspecified atom stereocenters. The van der Waals surface area contributed by atoms with E-state index in [9.17, 15) is 0 Å². The fraction of sp³-hybridized carbons (Fsp3) is 0. The van der Waals surface area contributed by atoms with Crippen molar-refractivity contribution in [2.45, 2.75) is 0 Å². The second-order valence-electron chi connectivity index (χ2n) is 12.6. The van der Waals surface area contributed by atoms with Crippen molar-refractivity contribution >= 4 is 91.7 Å². The number of benzene rings is 9. The van der Waals surface area contributed by atoms with Gasteiger partial charge in [0.25, 0.3) is 0 Å². The van der Waals surface area contributed by atoms with Crippen molar-refractivity contribution in [2.75, 3.05) is 4.90 Å². The molecular weight excluding hydrogens is 599 g/mol. The van der Waals surface area contributed by atoms with Crippen molar-refractivity contribution in [2.24, 2.45) is 0 Å². The molecule has 0 N–H and O–H groups in total. The Bertz CT molecular complexity index is 2850. The van der Waals surface area contributed by atoms with E-state index in [1.54, 1.807) is 0 Å². The van der Waals surface area contributed by atoms with Crippen molar-refractivity contribution in [1.29, 1.82) is 0 Å². The van der Waals surface area contributed by atoms with E-state index in [0.717, 1.165) is 11.4 Å². The van der Waals surface area contributed by atoms with E-state index in [4.69, 9.17) is 0 Å². The van der Waals surface area contributed by atoms with Crippen LogP contribution in [0, 0.1) is 0 Å². The summed E-state index contributed by atoms with van der Waals surface area (Å²) in [6.45, 7) is 0. The zero-order valence-electron chi connectivity index (χ0n) is 26.1. The minimum atomic E-state index is 1.14. The normalized spacial score (nSPS) is 11.8. The molecule has 0 aliphatic rings. The lowest BCUT2D eigenvalue weighted by atomic mass is 9.96. The third-order valence-corrected chi connectivity index (χ3v) is 11.0. The molecule has 2 heteroatoms. The Labute approximate surface area is 282 Å². The summed E-state index contributed by atoms with van der Waals surface area (Å²) < 4.78 is 2.60. The fourth-order valence-corrected chi connectivity index (χ4v) is 8.73. The molecule has 0 radical (unpaired) electrons. The Morgan fingerprint density at radius 2 is 1.00 bits per heavy atom. The summed E-state index contributed by atoms with van der Waals surface area (Å²) in [5, 5.41) is 12.8. The van der Waals surface area contributed by atoms with E-state index in [1.165, 1.54) is 80.1 Å². The number of fused-ring (bicyclic) bond motifs is 9. The Hall–Kier alpha value is -5.96. The largest absolute Gasteiger partial charge is 0.309 e. The molecule has 0 amide bonds. The Morgan fingerprint density at radius 1 is 0.354 bits per heavy atom. The average molecular weight is 628 g/mol. The number of hydrogen-bond acceptors (Lipinski definition) is 2. The van der Waals surface area contributed by atoms with Gasteiger partial charge in [-0.1, -0.05) is 133 Å². The molecule has 1 nitrogen and oxygen atoms in total. The van der Waals surface area contributed by atoms with Crippen LogP contribution in [0.3, 0.4) is 0 Å². The SMILES string of the molecule is c1ccc(-c2cccc(N(c3ccc4c(ccc5ccc6ccccc6c54)c3)c3cccc4c3sc3cc5ccccc5cc34)c2)cc1. The number of thiophene rings is 1. The van der Waals surface area contributed by atoms with Crippen molar-refractivity contribution in [3.63, 3.8) is 0 Å². The second kappa shape index (κ2) is 10.8. The Kier molecular flexibility index (Phi) is 6.12. The Morgan fingerprint density at radius 3 is 1.88 bits per heavy atom. The monoisotopic (exact) mass is 627 g/mol. The second-order valence-corrected chi connectivity index (χ2v) is 13.6. The minimum Gasteiger partial charge on any atom is -0.309 e. The van der Waals surface area contributed by atoms with Gasteiger partial charge in [0, 0.05) is 26.8 Å². The van der Waals surface area contributed by atoms with Crippen LogP contribution in [-0.4, -0.2) is 0 Å². The summed E-state index contributed by atoms with van der Waals surface area (Å²) in [5.41, 5.74) is 5.88. The highest BCUT2D eigenvalue weighted by molar-refractivity contribution is 7.26. The molecule has 0 atom stereocenters. The van der Waals surface area contributed by atoms with Crippen LogP contribution >= 0.6 is 11.3 Å². The molecule has 9 aromatic carbocycles. The highest BCUT2D eigenvalue weighted by Crippen LogP contribution is 2.47. The number of hydrogen-bond donors (Lipinski definition) is 0. The van der Waals surface area contributed by atoms with Gasteiger partial charge >= 0.3 is 0 Å². The molecule has 0 aliphatic carbocycles. The van der Waals surface area contributed by atoms with Crippen LogP contribution in [-0.2, 0) is 0 Å². The summed E-state index contributed by atoms with van der Waals surface area (Å²) in [6.07, 6.45) is 0. The zero-order valence-corrected chi connectivity index (χ0v) is 26.9. The summed E-state index contributed by atoms with van der Waals surface area (Å²) in [4.78, 5) is 2.45. The third kappa shape index (κ3) is 4.31. The molecule has 0 saturated heterocycles. The maximum atomic E-state index is 2.45. The van der Waals surface area contributed by atoms with E-state index in [2.05, 4.69) is 181 Å². The van der Waals surface area contributed by atoms with E-state index in [0.29, 0.717) is 0 Å². The van der Waals surface area contributed by atoms with Crippen LogP contribution < -0.4 is 4.90 Å². The third-order valence-electron chi connectivity index (χ3n) is 9.76. The predicted molar refractivity (Wildman–Crippen MR) is 209 cm³/mol. The van der Waals surface area contributed by atoms with Gasteiger partial charge < -0.3 is 4.90 Å². The van der Waals surface area contributed by atoms with Crippen LogP contribution in [0.2, 0.25) is 0 Å². The first-order chi connectivity index (χ1) is 23.8. The molecule has 0 spiro atoms. The lowest BCUT2D eigenvalue weighted by Gasteiger charge is -2.27. The summed E-state index contributed by atoms with van der Waals surface area (Å²) in [6, 6.07) is 64.5. The van der Waals surface area contributed by atoms with E-state index in [1.807, 2.05) is 11.3 Å². The highest BCUT2D eigenvalue weighted by Gasteiger charge is 2.20. The number of nitrogens with zero attached hydrogens (tertiary/aromatic N) is 1. The zero-order chi connectivity index (χ0) is 31.6. The molecule has 1 aromatic heterocycles. The minimum absolute atomic E-state index is 1.14. The average Bonchev–Trinajstić information content (AvgIpc) is 3.52. The molecule has 0 bridgehead atoms. The van der Waals surface area contributed by atoms with E-state index >= 15 is 0 Å². The molecular formula is C46H29NS. The quantitative estimate of drug-likeness (QED) is 0.176. The van der Waals surface area contributed by atoms with E-state index in [-0.39, 0.29) is 0 Å². The highest BCUT2D eigenvalue weighted by atomic mass is 32.1. The standard InChI is InChI=1S/C46H29NS/c1-2-10-30(11-3-1)33-15-8-16-37(26-33)47(43-19-9-18-41-42-28-34-13-4-5-14-35(34)29-44(42)48-46(41)43)38-24-25-40-36(27-38)23-22-32-21-20-31-12-6-7-17-39(31)45(32)40/h1-29H. The molecule has 48 heavy (non-hydrogen) atoms. The van der Waals surface area contributed by atoms with Crippen LogP contribution in [0.15, 0.2) is 176 Å². The fourth-order valence-electron chi connectivity index (χ4n) is 7.49. The summed E-state index contributed by atoms with van der Waals surface area (Å²) in [7, 11) is 0. The van der Waals surface area contributed by atoms with Gasteiger partial charge in [-0.15, -0.1) is 11.3 Å². The molecule has 0 fully saturated rings. The van der Waals surface area contributed by atoms with Crippen molar-refractivity contribution in [3.8, 4) is 11.1 Å². The van der Waals surface area contributed by atoms with Gasteiger partial charge in [0.2, 0.25) is 0 Å². The summed E-state index contributed by atoms with van der Waals surface area (Å²) in [5.74, 6) is 0. The van der Waals surface area contributed by atoms with Crippen LogP contribution in [0.25, 0.3) is 74.4 Å². The maximum Gasteiger partial charge on any atom is 0.0640 e. The smallest absolute Gasteiger partial charge is 0.0640 e. The lowest BCUT2D eigenvalue weighted by Crippen LogP contribution is -2.10. The predicted octanol–water partition coefficient (Wildman–Crippen LogP) is 13.8. The lowest BCUT2D eigenvalue weighted by molar-refractivity contribution is 1.31. The molecule has 0 aliphatic heterocycles. The Balaban J connectivity index is 1.24. The van der Waals surface area contributed by atoms with Gasteiger partial charge in [0.15, 0.2) is 0 Å². The van der Waals surface area contributed by atoms with Gasteiger partial charge in [-0.25, -0.2) is 0 Å². The van der Waals surface area contributed by atoms with Crippen molar-refractivity contribution in [3.05, 3.63) is 176 Å². The first-order valence-corrected chi connectivity index (χ1v) is 17.2. The summed E-state index contributed by atoms with van der Waals surface area (Å²) >= 11 is 1.89. The molecule has 1 heterocycles. The number of anilines is 3. The van der Waals surface area contributed by atoms with Crippen LogP contribution in [0.1, 0.15) is 0 Å². The molecule has 10 rings (SSSR count). The van der Waals surface area contributed by atoms with Crippen molar-refractivity contribution < 1.29 is 0 Å². The van der Waals surface area contributed by atoms with Crippen molar-refractivity contribution in [1.82, 2.24) is 0 Å². The first kappa shape index (κ1) is 27.2. The number of rotatable bonds is 4. The van der Waals surface area contributed by atoms with Gasteiger partial charge in [-0.2, -0.15) is 0 Å². The maximum absolute atomic E-state index is 2.45. The topological polar surface area (TPSA) is 3.24 Å².